The number of nitrogens with one attached hydrogen (secondary N) is 2. The van der Waals surface area contributed by atoms with Gasteiger partial charge in [-0.05, 0) is 43.9 Å². The number of carbonyl (C=O) groups is 2. The van der Waals surface area contributed by atoms with Gasteiger partial charge in [0.2, 0.25) is 5.91 Å². The van der Waals surface area contributed by atoms with Crippen LogP contribution in [0.4, 0.5) is 0 Å². The van der Waals surface area contributed by atoms with E-state index in [0.29, 0.717) is 30.5 Å². The molecular weight excluding hydrogens is 378 g/mol. The fourth-order valence-corrected chi connectivity index (χ4v) is 4.56. The molecule has 2 aromatic heterocycles. The Morgan fingerprint density at radius 2 is 1.87 bits per heavy atom. The lowest BCUT2D eigenvalue weighted by Crippen LogP contribution is -2.47. The van der Waals surface area contributed by atoms with E-state index in [0.717, 1.165) is 31.2 Å². The van der Waals surface area contributed by atoms with Gasteiger partial charge in [0.15, 0.2) is 0 Å². The van der Waals surface area contributed by atoms with Crippen molar-refractivity contribution < 1.29 is 9.59 Å². The molecule has 0 radical (unpaired) electrons. The Balaban J connectivity index is 1.35. The van der Waals surface area contributed by atoms with Gasteiger partial charge in [0.1, 0.15) is 5.69 Å². The maximum absolute atomic E-state index is 13.0. The standard InChI is InChI=1S/C23H31N5O2/c29-22(25-19-10-4-2-1-3-5-11-19)18-9-7-13-28(16-18)23(30)21-14-20(26-27-21)17-8-6-12-24-15-17/h6,8,12,14-15,18-19H,1-5,7,9-11,13,16H2,(H,25,29)(H,26,27)/t18-/m0/s1. The molecule has 1 aliphatic carbocycles. The molecule has 3 heterocycles. The molecule has 0 bridgehead atoms. The van der Waals surface area contributed by atoms with E-state index in [2.05, 4.69) is 20.5 Å². The molecule has 160 valence electrons. The number of nitrogens with zero attached hydrogens (tertiary/aromatic N) is 3. The first kappa shape index (κ1) is 20.6. The largest absolute Gasteiger partial charge is 0.353 e. The summed E-state index contributed by atoms with van der Waals surface area (Å²) in [6.45, 7) is 1.14. The van der Waals surface area contributed by atoms with Crippen LogP contribution in [0.2, 0.25) is 0 Å². The van der Waals surface area contributed by atoms with E-state index in [9.17, 15) is 9.59 Å². The summed E-state index contributed by atoms with van der Waals surface area (Å²) in [7, 11) is 0. The van der Waals surface area contributed by atoms with E-state index in [-0.39, 0.29) is 17.7 Å². The van der Waals surface area contributed by atoms with Gasteiger partial charge in [0.05, 0.1) is 11.6 Å². The second-order valence-electron chi connectivity index (χ2n) is 8.55. The Bertz CT molecular complexity index is 842. The minimum Gasteiger partial charge on any atom is -0.353 e. The Kier molecular flexibility index (Phi) is 6.77. The molecule has 1 atom stereocenters. The van der Waals surface area contributed by atoms with Gasteiger partial charge in [0.25, 0.3) is 5.91 Å². The second kappa shape index (κ2) is 9.87. The van der Waals surface area contributed by atoms with Crippen LogP contribution in [0.25, 0.3) is 11.3 Å². The third-order valence-electron chi connectivity index (χ3n) is 6.30. The summed E-state index contributed by atoms with van der Waals surface area (Å²) in [5, 5.41) is 10.4. The highest BCUT2D eigenvalue weighted by atomic mass is 16.2. The average molecular weight is 410 g/mol. The molecule has 2 amide bonds. The summed E-state index contributed by atoms with van der Waals surface area (Å²) in [4.78, 5) is 31.8. The monoisotopic (exact) mass is 409 g/mol. The molecule has 0 unspecified atom stereocenters. The molecule has 2 N–H and O–H groups in total. The van der Waals surface area contributed by atoms with Crippen LogP contribution in [0.15, 0.2) is 30.6 Å². The van der Waals surface area contributed by atoms with E-state index < -0.39 is 0 Å². The molecule has 4 rings (SSSR count). The zero-order valence-corrected chi connectivity index (χ0v) is 17.5. The minimum atomic E-state index is -0.131. The van der Waals surface area contributed by atoms with Crippen LogP contribution >= 0.6 is 0 Å². The van der Waals surface area contributed by atoms with Crippen molar-refractivity contribution in [3.63, 3.8) is 0 Å². The Labute approximate surface area is 177 Å². The van der Waals surface area contributed by atoms with E-state index >= 15 is 0 Å². The van der Waals surface area contributed by atoms with E-state index in [4.69, 9.17) is 0 Å². The fourth-order valence-electron chi connectivity index (χ4n) is 4.56. The first-order valence-corrected chi connectivity index (χ1v) is 11.3. The summed E-state index contributed by atoms with van der Waals surface area (Å²) < 4.78 is 0. The summed E-state index contributed by atoms with van der Waals surface area (Å²) >= 11 is 0. The maximum atomic E-state index is 13.0. The van der Waals surface area contributed by atoms with E-state index in [1.165, 1.54) is 32.1 Å². The molecule has 1 saturated heterocycles. The van der Waals surface area contributed by atoms with Crippen molar-refractivity contribution in [3.05, 3.63) is 36.3 Å². The lowest BCUT2D eigenvalue weighted by Gasteiger charge is -2.33. The van der Waals surface area contributed by atoms with Crippen LogP contribution in [0.3, 0.4) is 0 Å². The zero-order chi connectivity index (χ0) is 20.8. The third-order valence-corrected chi connectivity index (χ3v) is 6.30. The number of likely N-dealkylation sites (tertiary alicyclic amines) is 1. The topological polar surface area (TPSA) is 91.0 Å². The van der Waals surface area contributed by atoms with Gasteiger partial charge in [0, 0.05) is 37.1 Å². The molecule has 2 aliphatic rings. The van der Waals surface area contributed by atoms with Gasteiger partial charge < -0.3 is 10.2 Å². The molecule has 7 heteroatoms. The number of carbonyl (C=O) groups excluding carboxylic acids is 2. The number of hydrogen-bond donors (Lipinski definition) is 2. The van der Waals surface area contributed by atoms with Crippen LogP contribution < -0.4 is 5.32 Å². The molecule has 1 aliphatic heterocycles. The van der Waals surface area contributed by atoms with Gasteiger partial charge in [-0.1, -0.05) is 32.1 Å². The van der Waals surface area contributed by atoms with Crippen molar-refractivity contribution in [1.29, 1.82) is 0 Å². The molecule has 7 nitrogen and oxygen atoms in total. The summed E-state index contributed by atoms with van der Waals surface area (Å²) in [6.07, 6.45) is 13.5. The van der Waals surface area contributed by atoms with Crippen LogP contribution in [0.5, 0.6) is 0 Å². The maximum Gasteiger partial charge on any atom is 0.271 e. The average Bonchev–Trinajstić information content (AvgIpc) is 3.26. The Morgan fingerprint density at radius 1 is 1.07 bits per heavy atom. The normalized spacial score (nSPS) is 20.9. The number of rotatable bonds is 4. The molecule has 30 heavy (non-hydrogen) atoms. The fraction of sp³-hybridized carbons (Fsp3) is 0.565. The first-order chi connectivity index (χ1) is 14.7. The highest BCUT2D eigenvalue weighted by Crippen LogP contribution is 2.22. The molecule has 2 fully saturated rings. The van der Waals surface area contributed by atoms with Crippen molar-refractivity contribution in [1.82, 2.24) is 25.4 Å². The third kappa shape index (κ3) is 5.07. The van der Waals surface area contributed by atoms with Crippen LogP contribution in [0, 0.1) is 5.92 Å². The summed E-state index contributed by atoms with van der Waals surface area (Å²) in [5.74, 6) is -0.117. The molecule has 1 saturated carbocycles. The van der Waals surface area contributed by atoms with E-state index in [1.54, 1.807) is 23.4 Å². The predicted octanol–water partition coefficient (Wildman–Crippen LogP) is 3.55. The second-order valence-corrected chi connectivity index (χ2v) is 8.55. The van der Waals surface area contributed by atoms with Crippen molar-refractivity contribution in [2.75, 3.05) is 13.1 Å². The van der Waals surface area contributed by atoms with Gasteiger partial charge in [-0.15, -0.1) is 0 Å². The Morgan fingerprint density at radius 3 is 2.63 bits per heavy atom. The van der Waals surface area contributed by atoms with Crippen LogP contribution in [-0.2, 0) is 4.79 Å². The number of aromatic amines is 1. The van der Waals surface area contributed by atoms with Gasteiger partial charge in [-0.3, -0.25) is 19.7 Å². The van der Waals surface area contributed by atoms with Crippen LogP contribution in [-0.4, -0.2) is 51.0 Å². The number of H-pyrrole nitrogens is 1. The number of aromatic nitrogens is 3. The lowest BCUT2D eigenvalue weighted by atomic mass is 9.93. The molecule has 2 aromatic rings. The number of amides is 2. The van der Waals surface area contributed by atoms with Crippen molar-refractivity contribution in [3.8, 4) is 11.3 Å². The minimum absolute atomic E-state index is 0.0962. The molecule has 0 spiro atoms. The number of hydrogen-bond acceptors (Lipinski definition) is 4. The highest BCUT2D eigenvalue weighted by Gasteiger charge is 2.30. The summed E-state index contributed by atoms with van der Waals surface area (Å²) in [6, 6.07) is 5.81. The van der Waals surface area contributed by atoms with Crippen molar-refractivity contribution >= 4 is 11.8 Å². The zero-order valence-electron chi connectivity index (χ0n) is 17.5. The van der Waals surface area contributed by atoms with Gasteiger partial charge in [-0.2, -0.15) is 5.10 Å². The molecular formula is C23H31N5O2. The van der Waals surface area contributed by atoms with Crippen molar-refractivity contribution in [2.45, 2.75) is 63.8 Å². The van der Waals surface area contributed by atoms with Crippen molar-refractivity contribution in [2.24, 2.45) is 5.92 Å². The smallest absolute Gasteiger partial charge is 0.271 e. The number of piperidine rings is 1. The quantitative estimate of drug-likeness (QED) is 0.808. The first-order valence-electron chi connectivity index (χ1n) is 11.3. The Hall–Kier alpha value is -2.70. The number of pyridine rings is 1. The highest BCUT2D eigenvalue weighted by molar-refractivity contribution is 5.94. The molecule has 0 aromatic carbocycles. The SMILES string of the molecule is O=C(NC1CCCCCCC1)[C@H]1CCCN(C(=O)c2cc(-c3cccnc3)n[nH]2)C1. The predicted molar refractivity (Wildman–Crippen MR) is 115 cm³/mol. The lowest BCUT2D eigenvalue weighted by molar-refractivity contribution is -0.127. The van der Waals surface area contributed by atoms with Gasteiger partial charge in [-0.25, -0.2) is 0 Å². The van der Waals surface area contributed by atoms with E-state index in [1.807, 2.05) is 12.1 Å². The summed E-state index contributed by atoms with van der Waals surface area (Å²) in [5.41, 5.74) is 2.01. The van der Waals surface area contributed by atoms with Crippen LogP contribution in [0.1, 0.15) is 68.3 Å². The van der Waals surface area contributed by atoms with Gasteiger partial charge >= 0.3 is 0 Å².